The lowest BCUT2D eigenvalue weighted by Gasteiger charge is -2.38. The molecule has 0 bridgehead atoms. The molecule has 0 radical (unpaired) electrons. The fraction of sp³-hybridized carbons (Fsp3) is 0.462. The second-order valence-electron chi connectivity index (χ2n) is 9.47. The van der Waals surface area contributed by atoms with Crippen LogP contribution in [-0.2, 0) is 22.6 Å². The van der Waals surface area contributed by atoms with Gasteiger partial charge in [0.05, 0.1) is 12.5 Å². The number of piperidine rings is 1. The van der Waals surface area contributed by atoms with Gasteiger partial charge >= 0.3 is 6.09 Å². The van der Waals surface area contributed by atoms with Gasteiger partial charge in [0.2, 0.25) is 5.91 Å². The van der Waals surface area contributed by atoms with Crippen LogP contribution in [0.5, 0.6) is 11.5 Å². The van der Waals surface area contributed by atoms with Gasteiger partial charge in [-0.05, 0) is 57.4 Å². The standard InChI is InChI=1S/C26H34N2O5/c1-26(2,3)33-25(31)27(4)21-11-8-14-28(17-21)24(30)16-20-15-22(29)12-13-23(20)32-18-19-9-6-5-7-10-19/h5-7,9-10,12-13,15,21,29H,8,11,14,16-18H2,1-4H3/t21-/m1/s1. The van der Waals surface area contributed by atoms with Crippen molar-refractivity contribution in [2.24, 2.45) is 0 Å². The van der Waals surface area contributed by atoms with Crippen LogP contribution in [0.4, 0.5) is 4.79 Å². The van der Waals surface area contributed by atoms with E-state index in [9.17, 15) is 14.7 Å². The summed E-state index contributed by atoms with van der Waals surface area (Å²) in [6, 6.07) is 14.5. The van der Waals surface area contributed by atoms with Crippen LogP contribution in [0.25, 0.3) is 0 Å². The van der Waals surface area contributed by atoms with E-state index in [0.29, 0.717) is 31.0 Å². The number of likely N-dealkylation sites (tertiary alicyclic amines) is 1. The summed E-state index contributed by atoms with van der Waals surface area (Å²) in [6.45, 7) is 6.97. The predicted octanol–water partition coefficient (Wildman–Crippen LogP) is 4.37. The number of benzene rings is 2. The summed E-state index contributed by atoms with van der Waals surface area (Å²) in [5, 5.41) is 9.98. The zero-order valence-electron chi connectivity index (χ0n) is 19.9. The first kappa shape index (κ1) is 24.4. The Morgan fingerprint density at radius 3 is 2.58 bits per heavy atom. The van der Waals surface area contributed by atoms with Gasteiger partial charge in [-0.15, -0.1) is 0 Å². The van der Waals surface area contributed by atoms with Gasteiger partial charge in [0, 0.05) is 25.7 Å². The number of phenols is 1. The quantitative estimate of drug-likeness (QED) is 0.701. The molecule has 1 N–H and O–H groups in total. The Labute approximate surface area is 195 Å². The molecule has 7 heteroatoms. The molecule has 178 valence electrons. The number of rotatable bonds is 6. The molecular weight excluding hydrogens is 420 g/mol. The largest absolute Gasteiger partial charge is 0.508 e. The smallest absolute Gasteiger partial charge is 0.410 e. The van der Waals surface area contributed by atoms with E-state index in [0.717, 1.165) is 18.4 Å². The third kappa shape index (κ3) is 7.14. The zero-order valence-corrected chi connectivity index (χ0v) is 19.9. The van der Waals surface area contributed by atoms with Crippen molar-refractivity contribution in [3.63, 3.8) is 0 Å². The lowest BCUT2D eigenvalue weighted by Crippen LogP contribution is -2.51. The van der Waals surface area contributed by atoms with Gasteiger partial charge in [-0.2, -0.15) is 0 Å². The van der Waals surface area contributed by atoms with Gasteiger partial charge in [0.25, 0.3) is 0 Å². The van der Waals surface area contributed by atoms with Gasteiger partial charge < -0.3 is 24.4 Å². The first-order valence-electron chi connectivity index (χ1n) is 11.3. The maximum Gasteiger partial charge on any atom is 0.410 e. The summed E-state index contributed by atoms with van der Waals surface area (Å²) in [5.74, 6) is 0.600. The molecule has 7 nitrogen and oxygen atoms in total. The van der Waals surface area contributed by atoms with E-state index in [1.165, 1.54) is 0 Å². The Morgan fingerprint density at radius 1 is 1.15 bits per heavy atom. The van der Waals surface area contributed by atoms with Gasteiger partial charge in [0.15, 0.2) is 0 Å². The molecule has 2 amide bonds. The number of nitrogens with zero attached hydrogens (tertiary/aromatic N) is 2. The molecule has 1 atom stereocenters. The molecule has 1 aliphatic heterocycles. The monoisotopic (exact) mass is 454 g/mol. The molecule has 1 heterocycles. The van der Waals surface area contributed by atoms with Crippen LogP contribution in [0.2, 0.25) is 0 Å². The molecule has 0 aliphatic carbocycles. The summed E-state index contributed by atoms with van der Waals surface area (Å²) >= 11 is 0. The van der Waals surface area contributed by atoms with Crippen molar-refractivity contribution in [2.75, 3.05) is 20.1 Å². The first-order valence-corrected chi connectivity index (χ1v) is 11.3. The summed E-state index contributed by atoms with van der Waals surface area (Å²) < 4.78 is 11.4. The Balaban J connectivity index is 1.64. The Kier molecular flexibility index (Phi) is 7.84. The molecule has 2 aromatic carbocycles. The molecule has 3 rings (SSSR count). The highest BCUT2D eigenvalue weighted by atomic mass is 16.6. The fourth-order valence-corrected chi connectivity index (χ4v) is 3.84. The van der Waals surface area contributed by atoms with Crippen LogP contribution in [0.1, 0.15) is 44.7 Å². The summed E-state index contributed by atoms with van der Waals surface area (Å²) in [5.41, 5.74) is 1.09. The molecule has 33 heavy (non-hydrogen) atoms. The zero-order chi connectivity index (χ0) is 24.0. The predicted molar refractivity (Wildman–Crippen MR) is 126 cm³/mol. The molecule has 1 aliphatic rings. The van der Waals surface area contributed by atoms with Crippen LogP contribution in [-0.4, -0.2) is 58.7 Å². The van der Waals surface area contributed by atoms with Crippen LogP contribution < -0.4 is 4.74 Å². The lowest BCUT2D eigenvalue weighted by molar-refractivity contribution is -0.132. The Morgan fingerprint density at radius 2 is 1.88 bits per heavy atom. The maximum atomic E-state index is 13.1. The van der Waals surface area contributed by atoms with Crippen molar-refractivity contribution < 1.29 is 24.2 Å². The lowest BCUT2D eigenvalue weighted by atomic mass is 10.0. The second kappa shape index (κ2) is 10.6. The molecule has 0 aromatic heterocycles. The molecule has 0 saturated carbocycles. The number of carbonyl (C=O) groups is 2. The van der Waals surface area contributed by atoms with Crippen LogP contribution in [0, 0.1) is 0 Å². The number of ether oxygens (including phenoxy) is 2. The van der Waals surface area contributed by atoms with E-state index in [-0.39, 0.29) is 30.2 Å². The second-order valence-corrected chi connectivity index (χ2v) is 9.47. The topological polar surface area (TPSA) is 79.3 Å². The van der Waals surface area contributed by atoms with E-state index in [4.69, 9.17) is 9.47 Å². The molecule has 1 fully saturated rings. The SMILES string of the molecule is CN(C(=O)OC(C)(C)C)[C@@H]1CCCN(C(=O)Cc2cc(O)ccc2OCc2ccccc2)C1. The summed E-state index contributed by atoms with van der Waals surface area (Å²) in [6.07, 6.45) is 1.35. The number of aromatic hydroxyl groups is 1. The van der Waals surface area contributed by atoms with Crippen LogP contribution in [0.3, 0.4) is 0 Å². The average molecular weight is 455 g/mol. The van der Waals surface area contributed by atoms with E-state index >= 15 is 0 Å². The van der Waals surface area contributed by atoms with Crippen molar-refractivity contribution in [3.8, 4) is 11.5 Å². The minimum absolute atomic E-state index is 0.0625. The van der Waals surface area contributed by atoms with E-state index in [1.54, 1.807) is 35.0 Å². The number of likely N-dealkylation sites (N-methyl/N-ethyl adjacent to an activating group) is 1. The highest BCUT2D eigenvalue weighted by Crippen LogP contribution is 2.26. The minimum atomic E-state index is -0.568. The molecule has 2 aromatic rings. The number of hydrogen-bond donors (Lipinski definition) is 1. The number of hydrogen-bond acceptors (Lipinski definition) is 5. The van der Waals surface area contributed by atoms with Crippen molar-refractivity contribution in [3.05, 3.63) is 59.7 Å². The molecule has 1 saturated heterocycles. The van der Waals surface area contributed by atoms with Gasteiger partial charge in [-0.25, -0.2) is 4.79 Å². The van der Waals surface area contributed by atoms with Crippen molar-refractivity contribution in [2.45, 2.75) is 58.3 Å². The first-order chi connectivity index (χ1) is 15.6. The Bertz CT molecular complexity index is 955. The normalized spacial score (nSPS) is 16.2. The van der Waals surface area contributed by atoms with Crippen molar-refractivity contribution in [1.29, 1.82) is 0 Å². The Hall–Kier alpha value is -3.22. The third-order valence-corrected chi connectivity index (χ3v) is 5.60. The van der Waals surface area contributed by atoms with Gasteiger partial charge in [0.1, 0.15) is 23.7 Å². The van der Waals surface area contributed by atoms with Gasteiger partial charge in [-0.3, -0.25) is 4.79 Å². The highest BCUT2D eigenvalue weighted by Gasteiger charge is 2.31. The molecule has 0 spiro atoms. The van der Waals surface area contributed by atoms with Crippen LogP contribution >= 0.6 is 0 Å². The number of carbonyl (C=O) groups excluding carboxylic acids is 2. The number of amides is 2. The minimum Gasteiger partial charge on any atom is -0.508 e. The van der Waals surface area contributed by atoms with Crippen molar-refractivity contribution >= 4 is 12.0 Å². The van der Waals surface area contributed by atoms with E-state index < -0.39 is 5.60 Å². The molecular formula is C26H34N2O5. The van der Waals surface area contributed by atoms with E-state index in [2.05, 4.69) is 0 Å². The number of phenolic OH excluding ortho intramolecular Hbond substituents is 1. The van der Waals surface area contributed by atoms with Crippen LogP contribution in [0.15, 0.2) is 48.5 Å². The average Bonchev–Trinajstić information content (AvgIpc) is 2.77. The fourth-order valence-electron chi connectivity index (χ4n) is 3.84. The maximum absolute atomic E-state index is 13.1. The van der Waals surface area contributed by atoms with Gasteiger partial charge in [-0.1, -0.05) is 30.3 Å². The highest BCUT2D eigenvalue weighted by molar-refractivity contribution is 5.80. The summed E-state index contributed by atoms with van der Waals surface area (Å²) in [4.78, 5) is 28.9. The third-order valence-electron chi connectivity index (χ3n) is 5.60. The van der Waals surface area contributed by atoms with E-state index in [1.807, 2.05) is 51.1 Å². The summed E-state index contributed by atoms with van der Waals surface area (Å²) in [7, 11) is 1.72. The van der Waals surface area contributed by atoms with Crippen molar-refractivity contribution in [1.82, 2.24) is 9.80 Å². The molecule has 0 unspecified atom stereocenters.